The highest BCUT2D eigenvalue weighted by Gasteiger charge is 2.22. The molecule has 0 bridgehead atoms. The Bertz CT molecular complexity index is 1120. The van der Waals surface area contributed by atoms with E-state index in [9.17, 15) is 9.59 Å². The molecule has 4 rings (SSSR count). The van der Waals surface area contributed by atoms with E-state index in [0.29, 0.717) is 41.1 Å². The summed E-state index contributed by atoms with van der Waals surface area (Å²) in [6, 6.07) is 14.4. The molecule has 0 radical (unpaired) electrons. The minimum atomic E-state index is -0.187. The molecule has 0 saturated carbocycles. The van der Waals surface area contributed by atoms with Crippen LogP contribution in [0.4, 0.5) is 5.69 Å². The lowest BCUT2D eigenvalue weighted by Gasteiger charge is -2.20. The van der Waals surface area contributed by atoms with Crippen molar-refractivity contribution < 1.29 is 18.7 Å². The maximum atomic E-state index is 12.8. The van der Waals surface area contributed by atoms with Crippen LogP contribution in [-0.4, -0.2) is 46.6 Å². The highest BCUT2D eigenvalue weighted by molar-refractivity contribution is 6.33. The first-order valence-electron chi connectivity index (χ1n) is 10.9. The number of halogens is 1. The van der Waals surface area contributed by atoms with Gasteiger partial charge in [0.15, 0.2) is 6.61 Å². The van der Waals surface area contributed by atoms with Crippen molar-refractivity contribution in [3.05, 3.63) is 59.4 Å². The standard InChI is InChI=1S/C24H25ClN4O4/c1-2-13-28(15-21-26-27-24(33-21)19-6-3-4-7-20(19)25)23(31)16-32-18-11-9-17(10-12-18)29-14-5-8-22(29)30/h3-4,6-7,9-12H,2,5,8,13-16H2,1H3. The summed E-state index contributed by atoms with van der Waals surface area (Å²) in [6.07, 6.45) is 2.23. The summed E-state index contributed by atoms with van der Waals surface area (Å²) in [4.78, 5) is 28.1. The number of ether oxygens (including phenoxy) is 1. The first-order valence-corrected chi connectivity index (χ1v) is 11.3. The van der Waals surface area contributed by atoms with E-state index in [4.69, 9.17) is 20.8 Å². The lowest BCUT2D eigenvalue weighted by atomic mass is 10.2. The Kier molecular flexibility index (Phi) is 7.24. The normalized spacial score (nSPS) is 13.4. The third-order valence-electron chi connectivity index (χ3n) is 5.33. The number of anilines is 1. The molecule has 1 aliphatic rings. The number of carbonyl (C=O) groups is 2. The van der Waals surface area contributed by atoms with Gasteiger partial charge in [-0.05, 0) is 49.2 Å². The van der Waals surface area contributed by atoms with E-state index in [1.807, 2.05) is 31.2 Å². The predicted molar refractivity (Wildman–Crippen MR) is 124 cm³/mol. The molecule has 0 spiro atoms. The van der Waals surface area contributed by atoms with Crippen LogP contribution in [0.2, 0.25) is 5.02 Å². The van der Waals surface area contributed by atoms with Crippen molar-refractivity contribution in [3.63, 3.8) is 0 Å². The van der Waals surface area contributed by atoms with Crippen LogP contribution in [0.5, 0.6) is 5.75 Å². The fraction of sp³-hybridized carbons (Fsp3) is 0.333. The van der Waals surface area contributed by atoms with E-state index in [1.54, 1.807) is 34.1 Å². The van der Waals surface area contributed by atoms with E-state index in [0.717, 1.165) is 25.1 Å². The molecule has 8 nitrogen and oxygen atoms in total. The van der Waals surface area contributed by atoms with Crippen LogP contribution in [-0.2, 0) is 16.1 Å². The predicted octanol–water partition coefficient (Wildman–Crippen LogP) is 4.33. The van der Waals surface area contributed by atoms with Crippen molar-refractivity contribution in [1.29, 1.82) is 0 Å². The molecule has 2 aromatic carbocycles. The number of amides is 2. The molecule has 0 unspecified atom stereocenters. The van der Waals surface area contributed by atoms with Crippen LogP contribution in [0.3, 0.4) is 0 Å². The van der Waals surface area contributed by atoms with Gasteiger partial charge in [0.1, 0.15) is 5.75 Å². The molecule has 2 heterocycles. The van der Waals surface area contributed by atoms with Gasteiger partial charge < -0.3 is 19.0 Å². The van der Waals surface area contributed by atoms with Crippen molar-refractivity contribution in [1.82, 2.24) is 15.1 Å². The third kappa shape index (κ3) is 5.51. The summed E-state index contributed by atoms with van der Waals surface area (Å²) in [6.45, 7) is 3.32. The zero-order valence-electron chi connectivity index (χ0n) is 18.4. The quantitative estimate of drug-likeness (QED) is 0.464. The topological polar surface area (TPSA) is 88.8 Å². The Morgan fingerprint density at radius 3 is 2.67 bits per heavy atom. The van der Waals surface area contributed by atoms with E-state index >= 15 is 0 Å². The van der Waals surface area contributed by atoms with Crippen LogP contribution in [0.15, 0.2) is 52.9 Å². The molecule has 172 valence electrons. The van der Waals surface area contributed by atoms with Gasteiger partial charge in [-0.1, -0.05) is 30.7 Å². The molecule has 1 aliphatic heterocycles. The minimum absolute atomic E-state index is 0.118. The number of carbonyl (C=O) groups excluding carboxylic acids is 2. The molecule has 3 aromatic rings. The van der Waals surface area contributed by atoms with Gasteiger partial charge in [0.25, 0.3) is 5.91 Å². The summed E-state index contributed by atoms with van der Waals surface area (Å²) < 4.78 is 11.4. The van der Waals surface area contributed by atoms with Gasteiger partial charge in [-0.2, -0.15) is 0 Å². The van der Waals surface area contributed by atoms with Crippen molar-refractivity contribution in [2.75, 3.05) is 24.6 Å². The smallest absolute Gasteiger partial charge is 0.260 e. The van der Waals surface area contributed by atoms with Crippen LogP contribution in [0.1, 0.15) is 32.1 Å². The van der Waals surface area contributed by atoms with Gasteiger partial charge in [0, 0.05) is 25.2 Å². The molecule has 0 aliphatic carbocycles. The third-order valence-corrected chi connectivity index (χ3v) is 5.66. The second-order valence-corrected chi connectivity index (χ2v) is 8.13. The zero-order chi connectivity index (χ0) is 23.2. The van der Waals surface area contributed by atoms with Gasteiger partial charge in [0.2, 0.25) is 17.7 Å². The minimum Gasteiger partial charge on any atom is -0.484 e. The van der Waals surface area contributed by atoms with E-state index in [-0.39, 0.29) is 25.0 Å². The Morgan fingerprint density at radius 1 is 1.18 bits per heavy atom. The molecule has 1 saturated heterocycles. The summed E-state index contributed by atoms with van der Waals surface area (Å²) in [5.74, 6) is 1.15. The van der Waals surface area contributed by atoms with Crippen LogP contribution in [0, 0.1) is 0 Å². The lowest BCUT2D eigenvalue weighted by molar-refractivity contribution is -0.134. The maximum absolute atomic E-state index is 12.8. The summed E-state index contributed by atoms with van der Waals surface area (Å²) >= 11 is 6.20. The maximum Gasteiger partial charge on any atom is 0.260 e. The fourth-order valence-corrected chi connectivity index (χ4v) is 3.88. The van der Waals surface area contributed by atoms with E-state index in [2.05, 4.69) is 10.2 Å². The molecule has 0 N–H and O–H groups in total. The molecule has 2 amide bonds. The lowest BCUT2D eigenvalue weighted by Crippen LogP contribution is -2.35. The Labute approximate surface area is 197 Å². The molecule has 33 heavy (non-hydrogen) atoms. The number of nitrogens with zero attached hydrogens (tertiary/aromatic N) is 4. The summed E-state index contributed by atoms with van der Waals surface area (Å²) in [7, 11) is 0. The van der Waals surface area contributed by atoms with Gasteiger partial charge in [0.05, 0.1) is 17.1 Å². The zero-order valence-corrected chi connectivity index (χ0v) is 19.1. The SMILES string of the molecule is CCCN(Cc1nnc(-c2ccccc2Cl)o1)C(=O)COc1ccc(N2CCCC2=O)cc1. The molecule has 9 heteroatoms. The van der Waals surface area contributed by atoms with Crippen LogP contribution in [0.25, 0.3) is 11.5 Å². The first kappa shape index (κ1) is 22.8. The monoisotopic (exact) mass is 468 g/mol. The number of benzene rings is 2. The van der Waals surface area contributed by atoms with Gasteiger partial charge in [-0.3, -0.25) is 9.59 Å². The Morgan fingerprint density at radius 2 is 1.97 bits per heavy atom. The van der Waals surface area contributed by atoms with Crippen molar-refractivity contribution >= 4 is 29.1 Å². The molecular formula is C24H25ClN4O4. The summed E-state index contributed by atoms with van der Waals surface area (Å²) in [5.41, 5.74) is 1.49. The average Bonchev–Trinajstić information content (AvgIpc) is 3.47. The van der Waals surface area contributed by atoms with E-state index in [1.165, 1.54) is 0 Å². The number of aromatic nitrogens is 2. The molecule has 1 fully saturated rings. The average molecular weight is 469 g/mol. The van der Waals surface area contributed by atoms with Crippen molar-refractivity contribution in [3.8, 4) is 17.2 Å². The molecule has 1 aromatic heterocycles. The highest BCUT2D eigenvalue weighted by atomic mass is 35.5. The largest absolute Gasteiger partial charge is 0.484 e. The summed E-state index contributed by atoms with van der Waals surface area (Å²) in [5, 5.41) is 8.65. The number of rotatable bonds is 9. The fourth-order valence-electron chi connectivity index (χ4n) is 3.67. The first-order chi connectivity index (χ1) is 16.0. The van der Waals surface area contributed by atoms with Gasteiger partial charge in [-0.25, -0.2) is 0 Å². The Hall–Kier alpha value is -3.39. The van der Waals surface area contributed by atoms with Crippen LogP contribution >= 0.6 is 11.6 Å². The van der Waals surface area contributed by atoms with Gasteiger partial charge >= 0.3 is 0 Å². The van der Waals surface area contributed by atoms with Gasteiger partial charge in [-0.15, -0.1) is 10.2 Å². The second-order valence-electron chi connectivity index (χ2n) is 7.73. The number of hydrogen-bond donors (Lipinski definition) is 0. The molecule has 0 atom stereocenters. The number of hydrogen-bond acceptors (Lipinski definition) is 6. The van der Waals surface area contributed by atoms with Crippen molar-refractivity contribution in [2.24, 2.45) is 0 Å². The second kappa shape index (κ2) is 10.5. The highest BCUT2D eigenvalue weighted by Crippen LogP contribution is 2.27. The van der Waals surface area contributed by atoms with E-state index < -0.39 is 0 Å². The Balaban J connectivity index is 1.36. The van der Waals surface area contributed by atoms with Crippen molar-refractivity contribution in [2.45, 2.75) is 32.7 Å². The molecular weight excluding hydrogens is 444 g/mol. The van der Waals surface area contributed by atoms with Crippen LogP contribution < -0.4 is 9.64 Å².